The standard InChI is InChI=1S/C16H18N2O3/c1-21-16(20)13-7-8-14(18-9-13)10-17-11-15(19)12-5-3-2-4-6-12/h2-9,15,17,19H,10-11H2,1H3. The smallest absolute Gasteiger partial charge is 0.339 e. The molecular weight excluding hydrogens is 268 g/mol. The van der Waals surface area contributed by atoms with E-state index in [0.717, 1.165) is 11.3 Å². The lowest BCUT2D eigenvalue weighted by atomic mass is 10.1. The number of carbonyl (C=O) groups is 1. The van der Waals surface area contributed by atoms with E-state index in [9.17, 15) is 9.90 Å². The van der Waals surface area contributed by atoms with Crippen LogP contribution in [0.15, 0.2) is 48.7 Å². The Bertz CT molecular complexity index is 570. The number of aromatic nitrogens is 1. The Labute approximate surface area is 123 Å². The lowest BCUT2D eigenvalue weighted by molar-refractivity contribution is 0.0600. The van der Waals surface area contributed by atoms with Crippen LogP contribution in [0.4, 0.5) is 0 Å². The first kappa shape index (κ1) is 15.2. The molecule has 2 N–H and O–H groups in total. The summed E-state index contributed by atoms with van der Waals surface area (Å²) in [4.78, 5) is 15.4. The fraction of sp³-hybridized carbons (Fsp3) is 0.250. The van der Waals surface area contributed by atoms with E-state index in [1.54, 1.807) is 12.1 Å². The average Bonchev–Trinajstić information content (AvgIpc) is 2.55. The van der Waals surface area contributed by atoms with E-state index in [-0.39, 0.29) is 0 Å². The van der Waals surface area contributed by atoms with Crippen molar-refractivity contribution in [3.05, 3.63) is 65.5 Å². The Morgan fingerprint density at radius 1 is 1.29 bits per heavy atom. The van der Waals surface area contributed by atoms with Crippen LogP contribution < -0.4 is 5.32 Å². The predicted molar refractivity (Wildman–Crippen MR) is 78.7 cm³/mol. The number of aliphatic hydroxyl groups is 1. The molecule has 0 aliphatic rings. The van der Waals surface area contributed by atoms with Crippen molar-refractivity contribution in [1.29, 1.82) is 0 Å². The highest BCUT2D eigenvalue weighted by Crippen LogP contribution is 2.10. The molecular formula is C16H18N2O3. The van der Waals surface area contributed by atoms with Crippen LogP contribution in [0.25, 0.3) is 0 Å². The highest BCUT2D eigenvalue weighted by atomic mass is 16.5. The number of pyridine rings is 1. The predicted octanol–water partition coefficient (Wildman–Crippen LogP) is 1.69. The summed E-state index contributed by atoms with van der Waals surface area (Å²) in [6.07, 6.45) is 0.928. The molecule has 0 spiro atoms. The van der Waals surface area contributed by atoms with Crippen molar-refractivity contribution < 1.29 is 14.6 Å². The molecule has 0 saturated carbocycles. The van der Waals surface area contributed by atoms with Crippen LogP contribution in [0.2, 0.25) is 0 Å². The quantitative estimate of drug-likeness (QED) is 0.791. The number of rotatable bonds is 6. The Kier molecular flexibility index (Phi) is 5.43. The van der Waals surface area contributed by atoms with Gasteiger partial charge in [0.05, 0.1) is 24.5 Å². The summed E-state index contributed by atoms with van der Waals surface area (Å²) < 4.78 is 4.61. The topological polar surface area (TPSA) is 71.5 Å². The monoisotopic (exact) mass is 286 g/mol. The van der Waals surface area contributed by atoms with Gasteiger partial charge in [-0.3, -0.25) is 4.98 Å². The molecule has 0 aliphatic heterocycles. The number of aliphatic hydroxyl groups excluding tert-OH is 1. The number of carbonyl (C=O) groups excluding carboxylic acids is 1. The second-order valence-corrected chi connectivity index (χ2v) is 4.59. The van der Waals surface area contributed by atoms with Gasteiger partial charge in [-0.15, -0.1) is 0 Å². The molecule has 21 heavy (non-hydrogen) atoms. The largest absolute Gasteiger partial charge is 0.465 e. The van der Waals surface area contributed by atoms with Crippen LogP contribution >= 0.6 is 0 Å². The van der Waals surface area contributed by atoms with Gasteiger partial charge in [-0.2, -0.15) is 0 Å². The van der Waals surface area contributed by atoms with E-state index in [4.69, 9.17) is 0 Å². The van der Waals surface area contributed by atoms with E-state index in [2.05, 4.69) is 15.0 Å². The summed E-state index contributed by atoms with van der Waals surface area (Å²) >= 11 is 0. The van der Waals surface area contributed by atoms with E-state index >= 15 is 0 Å². The van der Waals surface area contributed by atoms with E-state index in [1.165, 1.54) is 13.3 Å². The number of nitrogens with one attached hydrogen (secondary N) is 1. The highest BCUT2D eigenvalue weighted by molar-refractivity contribution is 5.88. The second-order valence-electron chi connectivity index (χ2n) is 4.59. The van der Waals surface area contributed by atoms with Crippen molar-refractivity contribution >= 4 is 5.97 Å². The minimum Gasteiger partial charge on any atom is -0.465 e. The number of nitrogens with zero attached hydrogens (tertiary/aromatic N) is 1. The number of hydrogen-bond donors (Lipinski definition) is 2. The molecule has 5 heteroatoms. The van der Waals surface area contributed by atoms with Crippen molar-refractivity contribution in [3.8, 4) is 0 Å². The molecule has 2 aromatic rings. The first-order valence-electron chi connectivity index (χ1n) is 6.67. The molecule has 2 rings (SSSR count). The molecule has 1 heterocycles. The first-order chi connectivity index (χ1) is 10.2. The number of esters is 1. The molecule has 0 saturated heterocycles. The molecule has 0 fully saturated rings. The zero-order valence-electron chi connectivity index (χ0n) is 11.8. The highest BCUT2D eigenvalue weighted by Gasteiger charge is 2.07. The van der Waals surface area contributed by atoms with Gasteiger partial charge in [0.15, 0.2) is 0 Å². The van der Waals surface area contributed by atoms with Crippen LogP contribution in [0.5, 0.6) is 0 Å². The molecule has 0 radical (unpaired) electrons. The zero-order chi connectivity index (χ0) is 15.1. The summed E-state index contributed by atoms with van der Waals surface area (Å²) in [6.45, 7) is 0.954. The molecule has 0 aliphatic carbocycles. The van der Waals surface area contributed by atoms with Gasteiger partial charge in [0, 0.05) is 19.3 Å². The Hall–Kier alpha value is -2.24. The van der Waals surface area contributed by atoms with Crippen molar-refractivity contribution in [2.24, 2.45) is 0 Å². The van der Waals surface area contributed by atoms with E-state index < -0.39 is 12.1 Å². The average molecular weight is 286 g/mol. The van der Waals surface area contributed by atoms with Gasteiger partial charge in [-0.1, -0.05) is 30.3 Å². The van der Waals surface area contributed by atoms with Gasteiger partial charge in [0.25, 0.3) is 0 Å². The Morgan fingerprint density at radius 3 is 2.67 bits per heavy atom. The lowest BCUT2D eigenvalue weighted by Gasteiger charge is -2.12. The summed E-state index contributed by atoms with van der Waals surface area (Å²) in [6, 6.07) is 12.9. The van der Waals surface area contributed by atoms with Gasteiger partial charge in [0.1, 0.15) is 0 Å². The van der Waals surface area contributed by atoms with Crippen molar-refractivity contribution in [1.82, 2.24) is 10.3 Å². The van der Waals surface area contributed by atoms with Crippen molar-refractivity contribution in [2.75, 3.05) is 13.7 Å². The fourth-order valence-electron chi connectivity index (χ4n) is 1.90. The molecule has 0 amide bonds. The second kappa shape index (κ2) is 7.52. The van der Waals surface area contributed by atoms with E-state index in [0.29, 0.717) is 18.7 Å². The Morgan fingerprint density at radius 2 is 2.05 bits per heavy atom. The number of hydrogen-bond acceptors (Lipinski definition) is 5. The molecule has 0 bridgehead atoms. The Balaban J connectivity index is 1.82. The number of ether oxygens (including phenoxy) is 1. The summed E-state index contributed by atoms with van der Waals surface area (Å²) in [5, 5.41) is 13.1. The first-order valence-corrected chi connectivity index (χ1v) is 6.67. The molecule has 1 aromatic heterocycles. The third-order valence-corrected chi connectivity index (χ3v) is 3.07. The third-order valence-electron chi connectivity index (χ3n) is 3.07. The van der Waals surface area contributed by atoms with Crippen LogP contribution in [-0.4, -0.2) is 29.7 Å². The zero-order valence-corrected chi connectivity index (χ0v) is 11.8. The number of benzene rings is 1. The van der Waals surface area contributed by atoms with Crippen molar-refractivity contribution in [2.45, 2.75) is 12.6 Å². The van der Waals surface area contributed by atoms with Gasteiger partial charge < -0.3 is 15.2 Å². The summed E-state index contributed by atoms with van der Waals surface area (Å²) in [7, 11) is 1.34. The molecule has 5 nitrogen and oxygen atoms in total. The SMILES string of the molecule is COC(=O)c1ccc(CNCC(O)c2ccccc2)nc1. The maximum atomic E-state index is 11.3. The molecule has 1 unspecified atom stereocenters. The van der Waals surface area contributed by atoms with Crippen LogP contribution in [0, 0.1) is 0 Å². The summed E-state index contributed by atoms with van der Waals surface area (Å²) in [5.41, 5.74) is 2.09. The molecule has 1 atom stereocenters. The number of methoxy groups -OCH3 is 1. The van der Waals surface area contributed by atoms with Crippen molar-refractivity contribution in [3.63, 3.8) is 0 Å². The van der Waals surface area contributed by atoms with Gasteiger partial charge in [0.2, 0.25) is 0 Å². The molecule has 1 aromatic carbocycles. The fourth-order valence-corrected chi connectivity index (χ4v) is 1.90. The van der Waals surface area contributed by atoms with Crippen LogP contribution in [0.3, 0.4) is 0 Å². The van der Waals surface area contributed by atoms with Gasteiger partial charge >= 0.3 is 5.97 Å². The van der Waals surface area contributed by atoms with Gasteiger partial charge in [-0.25, -0.2) is 4.79 Å². The van der Waals surface area contributed by atoms with Gasteiger partial charge in [-0.05, 0) is 17.7 Å². The van der Waals surface area contributed by atoms with E-state index in [1.807, 2.05) is 30.3 Å². The normalized spacial score (nSPS) is 11.9. The maximum absolute atomic E-state index is 11.3. The summed E-state index contributed by atoms with van der Waals surface area (Å²) in [5.74, 6) is -0.401. The lowest BCUT2D eigenvalue weighted by Crippen LogP contribution is -2.21. The van der Waals surface area contributed by atoms with Crippen LogP contribution in [-0.2, 0) is 11.3 Å². The minimum atomic E-state index is -0.555. The van der Waals surface area contributed by atoms with Crippen LogP contribution in [0.1, 0.15) is 27.7 Å². The third kappa shape index (κ3) is 4.37. The minimum absolute atomic E-state index is 0.401. The molecule has 110 valence electrons. The maximum Gasteiger partial charge on any atom is 0.339 e.